The summed E-state index contributed by atoms with van der Waals surface area (Å²) in [5.74, 6) is 0. The number of aliphatic hydroxyl groups is 1. The van der Waals surface area contributed by atoms with Gasteiger partial charge in [0.15, 0.2) is 0 Å². The highest BCUT2D eigenvalue weighted by Crippen LogP contribution is 2.39. The van der Waals surface area contributed by atoms with E-state index in [0.717, 1.165) is 32.2 Å². The molecule has 0 atom stereocenters. The van der Waals surface area contributed by atoms with Crippen LogP contribution in [0.2, 0.25) is 0 Å². The van der Waals surface area contributed by atoms with Crippen LogP contribution in [0.1, 0.15) is 39.5 Å². The second-order valence-corrected chi connectivity index (χ2v) is 4.92. The Balaban J connectivity index is 0.00000144. The van der Waals surface area contributed by atoms with E-state index >= 15 is 0 Å². The van der Waals surface area contributed by atoms with E-state index in [4.69, 9.17) is 0 Å². The van der Waals surface area contributed by atoms with Crippen molar-refractivity contribution < 1.29 is 5.11 Å². The van der Waals surface area contributed by atoms with Crippen LogP contribution >= 0.6 is 12.4 Å². The third kappa shape index (κ3) is 3.84. The minimum atomic E-state index is -0.426. The summed E-state index contributed by atoms with van der Waals surface area (Å²) in [5, 5.41) is 13.1. The molecule has 2 nitrogen and oxygen atoms in total. The normalized spacial score (nSPS) is 24.9. The van der Waals surface area contributed by atoms with Crippen molar-refractivity contribution in [3.63, 3.8) is 0 Å². The first-order chi connectivity index (χ1) is 5.47. The first kappa shape index (κ1) is 13.2. The van der Waals surface area contributed by atoms with Crippen LogP contribution in [-0.2, 0) is 0 Å². The summed E-state index contributed by atoms with van der Waals surface area (Å²) in [6.45, 7) is 5.31. The summed E-state index contributed by atoms with van der Waals surface area (Å²) in [7, 11) is 1.90. The minimum absolute atomic E-state index is 0. The second kappa shape index (κ2) is 4.63. The van der Waals surface area contributed by atoms with Crippen LogP contribution in [0, 0.1) is 5.41 Å². The van der Waals surface area contributed by atoms with Gasteiger partial charge in [-0.1, -0.05) is 13.8 Å². The molecule has 0 amide bonds. The molecule has 1 rings (SSSR count). The lowest BCUT2D eigenvalue weighted by Gasteiger charge is -2.40. The summed E-state index contributed by atoms with van der Waals surface area (Å²) in [5.41, 5.74) is 0.0181. The first-order valence-electron chi connectivity index (χ1n) is 4.84. The molecule has 0 aromatic carbocycles. The summed E-state index contributed by atoms with van der Waals surface area (Å²) in [6.07, 6.45) is 4.18. The van der Waals surface area contributed by atoms with Crippen molar-refractivity contribution in [2.45, 2.75) is 45.1 Å². The van der Waals surface area contributed by atoms with E-state index in [-0.39, 0.29) is 12.4 Å². The molecule has 1 saturated carbocycles. The number of nitrogens with one attached hydrogen (secondary N) is 1. The zero-order valence-electron chi connectivity index (χ0n) is 8.89. The minimum Gasteiger partial charge on any atom is -0.389 e. The van der Waals surface area contributed by atoms with Gasteiger partial charge in [0.2, 0.25) is 0 Å². The van der Waals surface area contributed by atoms with Crippen molar-refractivity contribution >= 4 is 12.4 Å². The summed E-state index contributed by atoms with van der Waals surface area (Å²) < 4.78 is 0. The van der Waals surface area contributed by atoms with Crippen molar-refractivity contribution in [2.75, 3.05) is 13.6 Å². The predicted octanol–water partition coefficient (Wildman–Crippen LogP) is 1.96. The number of likely N-dealkylation sites (N-methyl/N-ethyl adjacent to an activating group) is 1. The van der Waals surface area contributed by atoms with Gasteiger partial charge >= 0.3 is 0 Å². The van der Waals surface area contributed by atoms with Crippen LogP contribution in [0.25, 0.3) is 0 Å². The molecule has 0 saturated heterocycles. The van der Waals surface area contributed by atoms with Crippen LogP contribution in [0.4, 0.5) is 0 Å². The van der Waals surface area contributed by atoms with Gasteiger partial charge in [-0.05, 0) is 38.1 Å². The Hall–Kier alpha value is 0.210. The van der Waals surface area contributed by atoms with E-state index in [0.29, 0.717) is 5.41 Å². The second-order valence-electron chi connectivity index (χ2n) is 4.92. The van der Waals surface area contributed by atoms with E-state index in [9.17, 15) is 5.11 Å². The molecule has 0 radical (unpaired) electrons. The van der Waals surface area contributed by atoms with Gasteiger partial charge in [-0.2, -0.15) is 0 Å². The molecule has 80 valence electrons. The van der Waals surface area contributed by atoms with Crippen LogP contribution in [0.5, 0.6) is 0 Å². The van der Waals surface area contributed by atoms with Gasteiger partial charge in [-0.25, -0.2) is 0 Å². The third-order valence-electron chi connectivity index (χ3n) is 3.04. The Kier molecular flexibility index (Phi) is 4.70. The van der Waals surface area contributed by atoms with E-state index in [1.54, 1.807) is 0 Å². The molecule has 0 aromatic rings. The molecule has 1 fully saturated rings. The van der Waals surface area contributed by atoms with Crippen molar-refractivity contribution in [3.05, 3.63) is 0 Å². The number of hydrogen-bond donors (Lipinski definition) is 2. The Morgan fingerprint density at radius 1 is 1.15 bits per heavy atom. The molecule has 1 aliphatic carbocycles. The van der Waals surface area contributed by atoms with Crippen LogP contribution in [0.3, 0.4) is 0 Å². The number of halogens is 1. The molecular weight excluding hydrogens is 186 g/mol. The van der Waals surface area contributed by atoms with Crippen molar-refractivity contribution in [2.24, 2.45) is 5.41 Å². The van der Waals surface area contributed by atoms with Crippen molar-refractivity contribution in [1.82, 2.24) is 5.32 Å². The average Bonchev–Trinajstić information content (AvgIpc) is 1.98. The Labute approximate surface area is 87.5 Å². The van der Waals surface area contributed by atoms with Crippen LogP contribution in [0.15, 0.2) is 0 Å². The Morgan fingerprint density at radius 3 is 2.00 bits per heavy atom. The van der Waals surface area contributed by atoms with Crippen molar-refractivity contribution in [3.8, 4) is 0 Å². The van der Waals surface area contributed by atoms with Gasteiger partial charge in [-0.3, -0.25) is 0 Å². The molecule has 2 N–H and O–H groups in total. The molecular formula is C10H22ClNO. The highest BCUT2D eigenvalue weighted by molar-refractivity contribution is 5.85. The maximum atomic E-state index is 10.0. The Bertz CT molecular complexity index is 149. The Morgan fingerprint density at radius 2 is 1.62 bits per heavy atom. The molecule has 3 heteroatoms. The quantitative estimate of drug-likeness (QED) is 0.726. The number of rotatable bonds is 2. The maximum Gasteiger partial charge on any atom is 0.0771 e. The largest absolute Gasteiger partial charge is 0.389 e. The highest BCUT2D eigenvalue weighted by atomic mass is 35.5. The number of hydrogen-bond acceptors (Lipinski definition) is 2. The van der Waals surface area contributed by atoms with Crippen LogP contribution < -0.4 is 5.32 Å². The lowest BCUT2D eigenvalue weighted by atomic mass is 9.71. The zero-order chi connectivity index (χ0) is 9.24. The van der Waals surface area contributed by atoms with E-state index < -0.39 is 5.60 Å². The molecule has 0 bridgehead atoms. The fraction of sp³-hybridized carbons (Fsp3) is 1.00. The molecule has 0 unspecified atom stereocenters. The fourth-order valence-corrected chi connectivity index (χ4v) is 1.90. The lowest BCUT2D eigenvalue weighted by Crippen LogP contribution is -2.44. The van der Waals surface area contributed by atoms with Gasteiger partial charge in [0.25, 0.3) is 0 Å². The lowest BCUT2D eigenvalue weighted by molar-refractivity contribution is -0.0229. The predicted molar refractivity (Wildman–Crippen MR) is 58.4 cm³/mol. The summed E-state index contributed by atoms with van der Waals surface area (Å²) >= 11 is 0. The standard InChI is InChI=1S/C10H21NO.ClH/c1-9(2)4-6-10(12,7-5-9)8-11-3;/h11-12H,4-8H2,1-3H3;1H. The van der Waals surface area contributed by atoms with Crippen LogP contribution in [-0.4, -0.2) is 24.3 Å². The molecule has 0 heterocycles. The molecule has 0 aliphatic heterocycles. The first-order valence-corrected chi connectivity index (χ1v) is 4.84. The third-order valence-corrected chi connectivity index (χ3v) is 3.04. The SMILES string of the molecule is CNCC1(O)CCC(C)(C)CC1.Cl. The van der Waals surface area contributed by atoms with Gasteiger partial charge in [0.05, 0.1) is 5.60 Å². The topological polar surface area (TPSA) is 32.3 Å². The molecule has 1 aliphatic rings. The monoisotopic (exact) mass is 207 g/mol. The molecule has 0 spiro atoms. The van der Waals surface area contributed by atoms with E-state index in [1.807, 2.05) is 7.05 Å². The maximum absolute atomic E-state index is 10.0. The van der Waals surface area contributed by atoms with Crippen molar-refractivity contribution in [1.29, 1.82) is 0 Å². The summed E-state index contributed by atoms with van der Waals surface area (Å²) in [4.78, 5) is 0. The van der Waals surface area contributed by atoms with Gasteiger partial charge in [0.1, 0.15) is 0 Å². The van der Waals surface area contributed by atoms with Gasteiger partial charge in [-0.15, -0.1) is 12.4 Å². The fourth-order valence-electron chi connectivity index (χ4n) is 1.90. The van der Waals surface area contributed by atoms with E-state index in [1.165, 1.54) is 0 Å². The van der Waals surface area contributed by atoms with Gasteiger partial charge < -0.3 is 10.4 Å². The van der Waals surface area contributed by atoms with Gasteiger partial charge in [0, 0.05) is 6.54 Å². The molecule has 13 heavy (non-hydrogen) atoms. The van der Waals surface area contributed by atoms with E-state index in [2.05, 4.69) is 19.2 Å². The smallest absolute Gasteiger partial charge is 0.0771 e. The molecule has 0 aromatic heterocycles. The summed E-state index contributed by atoms with van der Waals surface area (Å²) in [6, 6.07) is 0. The zero-order valence-corrected chi connectivity index (χ0v) is 9.71. The highest BCUT2D eigenvalue weighted by Gasteiger charge is 2.35. The average molecular weight is 208 g/mol.